The van der Waals surface area contributed by atoms with Crippen molar-refractivity contribution in [1.29, 1.82) is 0 Å². The fraction of sp³-hybridized carbons (Fsp3) is 0.533. The Morgan fingerprint density at radius 3 is 2.31 bits per heavy atom. The number of hydrogen-bond donors (Lipinski definition) is 0. The van der Waals surface area contributed by atoms with Crippen LogP contribution in [0.4, 0.5) is 0 Å². The van der Waals surface area contributed by atoms with Crippen molar-refractivity contribution >= 4 is 5.78 Å². The molecule has 86 valence electrons. The van der Waals surface area contributed by atoms with Gasteiger partial charge in [-0.3, -0.25) is 4.79 Å². The Morgan fingerprint density at radius 1 is 1.19 bits per heavy atom. The number of rotatable bonds is 2. The van der Waals surface area contributed by atoms with Crippen molar-refractivity contribution in [2.45, 2.75) is 46.5 Å². The van der Waals surface area contributed by atoms with Crippen molar-refractivity contribution in [3.63, 3.8) is 0 Å². The minimum absolute atomic E-state index is 0.292. The molecule has 0 spiro atoms. The highest BCUT2D eigenvalue weighted by atomic mass is 16.1. The molecule has 1 aromatic rings. The molecule has 1 aromatic carbocycles. The summed E-state index contributed by atoms with van der Waals surface area (Å²) >= 11 is 0. The third-order valence-electron chi connectivity index (χ3n) is 3.72. The fourth-order valence-electron chi connectivity index (χ4n) is 2.88. The van der Waals surface area contributed by atoms with E-state index in [-0.39, 0.29) is 0 Å². The summed E-state index contributed by atoms with van der Waals surface area (Å²) in [6.07, 6.45) is 3.93. The first-order chi connectivity index (χ1) is 7.58. The lowest BCUT2D eigenvalue weighted by atomic mass is 9.90. The van der Waals surface area contributed by atoms with Crippen LogP contribution in [0, 0.1) is 26.7 Å². The van der Waals surface area contributed by atoms with Crippen LogP contribution >= 0.6 is 0 Å². The van der Waals surface area contributed by atoms with Gasteiger partial charge in [-0.1, -0.05) is 17.7 Å². The Balaban J connectivity index is 2.24. The summed E-state index contributed by atoms with van der Waals surface area (Å²) in [5, 5.41) is 0. The SMILES string of the molecule is Cc1cc(C)c(CC2CCCC2=O)c(C)c1. The standard InChI is InChI=1S/C15H20O/c1-10-7-11(2)14(12(3)8-10)9-13-5-4-6-15(13)16/h7-8,13H,4-6,9H2,1-3H3. The molecule has 0 saturated heterocycles. The lowest BCUT2D eigenvalue weighted by Gasteiger charge is -2.14. The predicted octanol–water partition coefficient (Wildman–Crippen LogP) is 3.52. The lowest BCUT2D eigenvalue weighted by Crippen LogP contribution is -2.11. The van der Waals surface area contributed by atoms with E-state index in [2.05, 4.69) is 32.9 Å². The third kappa shape index (κ3) is 2.18. The molecular weight excluding hydrogens is 196 g/mol. The molecule has 1 unspecified atom stereocenters. The molecule has 0 aromatic heterocycles. The Labute approximate surface area is 97.9 Å². The second-order valence-corrected chi connectivity index (χ2v) is 5.14. The number of carbonyl (C=O) groups excluding carboxylic acids is 1. The van der Waals surface area contributed by atoms with Crippen LogP contribution in [-0.2, 0) is 11.2 Å². The molecule has 16 heavy (non-hydrogen) atoms. The van der Waals surface area contributed by atoms with Gasteiger partial charge in [0.1, 0.15) is 5.78 Å². The van der Waals surface area contributed by atoms with Gasteiger partial charge in [-0.25, -0.2) is 0 Å². The van der Waals surface area contributed by atoms with Crippen LogP contribution in [-0.4, -0.2) is 5.78 Å². The molecule has 0 bridgehead atoms. The van der Waals surface area contributed by atoms with Gasteiger partial charge in [-0.15, -0.1) is 0 Å². The first-order valence-corrected chi connectivity index (χ1v) is 6.17. The Bertz CT molecular complexity index is 394. The molecule has 1 nitrogen and oxygen atoms in total. The Hall–Kier alpha value is -1.11. The van der Waals surface area contributed by atoms with Crippen LogP contribution in [0.1, 0.15) is 41.5 Å². The zero-order valence-corrected chi connectivity index (χ0v) is 10.5. The number of benzene rings is 1. The van der Waals surface area contributed by atoms with Crippen LogP contribution in [0.3, 0.4) is 0 Å². The van der Waals surface area contributed by atoms with Crippen LogP contribution < -0.4 is 0 Å². The minimum Gasteiger partial charge on any atom is -0.299 e. The van der Waals surface area contributed by atoms with Crippen LogP contribution in [0.2, 0.25) is 0 Å². The van der Waals surface area contributed by atoms with E-state index in [1.807, 2.05) is 0 Å². The van der Waals surface area contributed by atoms with Gasteiger partial charge < -0.3 is 0 Å². The van der Waals surface area contributed by atoms with E-state index >= 15 is 0 Å². The van der Waals surface area contributed by atoms with Crippen LogP contribution in [0.15, 0.2) is 12.1 Å². The second-order valence-electron chi connectivity index (χ2n) is 5.14. The highest BCUT2D eigenvalue weighted by molar-refractivity contribution is 5.83. The second kappa shape index (κ2) is 4.40. The van der Waals surface area contributed by atoms with E-state index in [4.69, 9.17) is 0 Å². The molecule has 0 heterocycles. The van der Waals surface area contributed by atoms with Gasteiger partial charge in [-0.2, -0.15) is 0 Å². The molecule has 1 aliphatic rings. The molecule has 0 radical (unpaired) electrons. The van der Waals surface area contributed by atoms with Crippen LogP contribution in [0.5, 0.6) is 0 Å². The summed E-state index contributed by atoms with van der Waals surface area (Å²) in [7, 11) is 0. The maximum absolute atomic E-state index is 11.7. The quantitative estimate of drug-likeness (QED) is 0.739. The molecule has 1 fully saturated rings. The zero-order chi connectivity index (χ0) is 11.7. The summed E-state index contributed by atoms with van der Waals surface area (Å²) in [4.78, 5) is 11.7. The third-order valence-corrected chi connectivity index (χ3v) is 3.72. The maximum Gasteiger partial charge on any atom is 0.136 e. The van der Waals surface area contributed by atoms with Crippen molar-refractivity contribution in [3.8, 4) is 0 Å². The van der Waals surface area contributed by atoms with Gasteiger partial charge in [0.15, 0.2) is 0 Å². The summed E-state index contributed by atoms with van der Waals surface area (Å²) in [6.45, 7) is 6.45. The Kier molecular flexibility index (Phi) is 3.13. The number of ketones is 1. The van der Waals surface area contributed by atoms with E-state index in [1.54, 1.807) is 0 Å². The number of hydrogen-bond acceptors (Lipinski definition) is 1. The van der Waals surface area contributed by atoms with E-state index < -0.39 is 0 Å². The average Bonchev–Trinajstić information content (AvgIpc) is 2.57. The van der Waals surface area contributed by atoms with Gasteiger partial charge in [0.05, 0.1) is 0 Å². The smallest absolute Gasteiger partial charge is 0.136 e. The van der Waals surface area contributed by atoms with Gasteiger partial charge in [0.25, 0.3) is 0 Å². The zero-order valence-electron chi connectivity index (χ0n) is 10.5. The maximum atomic E-state index is 11.7. The molecule has 0 aliphatic heterocycles. The highest BCUT2D eigenvalue weighted by Crippen LogP contribution is 2.28. The van der Waals surface area contributed by atoms with Crippen molar-refractivity contribution in [2.24, 2.45) is 5.92 Å². The molecule has 1 aliphatic carbocycles. The molecule has 0 amide bonds. The predicted molar refractivity (Wildman–Crippen MR) is 66.7 cm³/mol. The summed E-state index contributed by atoms with van der Waals surface area (Å²) in [6, 6.07) is 4.45. The number of aryl methyl sites for hydroxylation is 3. The van der Waals surface area contributed by atoms with Crippen LogP contribution in [0.25, 0.3) is 0 Å². The number of carbonyl (C=O) groups is 1. The monoisotopic (exact) mass is 216 g/mol. The van der Waals surface area contributed by atoms with Gasteiger partial charge >= 0.3 is 0 Å². The van der Waals surface area contributed by atoms with Crippen molar-refractivity contribution in [2.75, 3.05) is 0 Å². The van der Waals surface area contributed by atoms with Gasteiger partial charge in [0.2, 0.25) is 0 Å². The van der Waals surface area contributed by atoms with Crippen molar-refractivity contribution in [3.05, 3.63) is 34.4 Å². The first-order valence-electron chi connectivity index (χ1n) is 6.17. The molecule has 1 saturated carbocycles. The van der Waals surface area contributed by atoms with Crippen molar-refractivity contribution < 1.29 is 4.79 Å². The fourth-order valence-corrected chi connectivity index (χ4v) is 2.88. The Morgan fingerprint density at radius 2 is 1.81 bits per heavy atom. The van der Waals surface area contributed by atoms with E-state index in [0.29, 0.717) is 11.7 Å². The summed E-state index contributed by atoms with van der Waals surface area (Å²) in [5.41, 5.74) is 5.40. The molecule has 2 rings (SSSR count). The number of Topliss-reactive ketones (excluding diaryl/α,β-unsaturated/α-hetero) is 1. The average molecular weight is 216 g/mol. The van der Waals surface area contributed by atoms with Gasteiger partial charge in [-0.05, 0) is 56.7 Å². The highest BCUT2D eigenvalue weighted by Gasteiger charge is 2.25. The molecule has 1 atom stereocenters. The van der Waals surface area contributed by atoms with E-state index in [9.17, 15) is 4.79 Å². The topological polar surface area (TPSA) is 17.1 Å². The minimum atomic E-state index is 0.292. The molecule has 1 heteroatoms. The lowest BCUT2D eigenvalue weighted by molar-refractivity contribution is -0.120. The van der Waals surface area contributed by atoms with E-state index in [1.165, 1.54) is 22.3 Å². The van der Waals surface area contributed by atoms with Crippen molar-refractivity contribution in [1.82, 2.24) is 0 Å². The largest absolute Gasteiger partial charge is 0.299 e. The first kappa shape index (κ1) is 11.4. The summed E-state index contributed by atoms with van der Waals surface area (Å²) in [5.74, 6) is 0.763. The summed E-state index contributed by atoms with van der Waals surface area (Å²) < 4.78 is 0. The molecule has 0 N–H and O–H groups in total. The van der Waals surface area contributed by atoms with E-state index in [0.717, 1.165) is 25.7 Å². The normalized spacial score (nSPS) is 20.4. The van der Waals surface area contributed by atoms with Gasteiger partial charge in [0, 0.05) is 12.3 Å². The molecular formula is C15H20O.